The Labute approximate surface area is 202 Å². The molecular weight excluding hydrogens is 405 g/mol. The maximum absolute atomic E-state index is 17.2. The molecule has 2 aromatic carbocycles. The van der Waals surface area contributed by atoms with Gasteiger partial charge in [0.25, 0.3) is 0 Å². The van der Waals surface area contributed by atoms with Crippen LogP contribution in [0.5, 0.6) is 0 Å². The van der Waals surface area contributed by atoms with Gasteiger partial charge in [0.05, 0.1) is 0 Å². The predicted octanol–water partition coefficient (Wildman–Crippen LogP) is 8.59. The Morgan fingerprint density at radius 2 is 0.970 bits per heavy atom. The van der Waals surface area contributed by atoms with Crippen LogP contribution >= 0.6 is 0 Å². The van der Waals surface area contributed by atoms with Crippen molar-refractivity contribution >= 4 is 0 Å². The average Bonchev–Trinajstić information content (AvgIpc) is 3.43. The molecule has 0 aromatic heterocycles. The SMILES string of the molecule is CCC(CC)(CC)c1ccc(C(F)(c2ccc(C(CC)(CC)CC)cc2)C2CCCN2)cc1. The highest BCUT2D eigenvalue weighted by Crippen LogP contribution is 2.43. The lowest BCUT2D eigenvalue weighted by atomic mass is 9.72. The number of rotatable bonds is 11. The Bertz CT molecular complexity index is 773. The zero-order chi connectivity index (χ0) is 24.1. The zero-order valence-corrected chi connectivity index (χ0v) is 21.9. The summed E-state index contributed by atoms with van der Waals surface area (Å²) in [6.07, 6.45) is 8.56. The van der Waals surface area contributed by atoms with E-state index in [9.17, 15) is 0 Å². The zero-order valence-electron chi connectivity index (χ0n) is 21.9. The number of alkyl halides is 1. The Hall–Kier alpha value is -1.67. The molecule has 3 rings (SSSR count). The van der Waals surface area contributed by atoms with Crippen LogP contribution in [0.1, 0.15) is 115 Å². The van der Waals surface area contributed by atoms with Crippen LogP contribution in [0.2, 0.25) is 0 Å². The lowest BCUT2D eigenvalue weighted by Gasteiger charge is -2.36. The third kappa shape index (κ3) is 4.53. The minimum absolute atomic E-state index is 0.184. The molecule has 1 aliphatic heterocycles. The molecule has 1 unspecified atom stereocenters. The molecule has 0 spiro atoms. The summed E-state index contributed by atoms with van der Waals surface area (Å²) in [5.74, 6) is 0. The number of hydrogen-bond acceptors (Lipinski definition) is 1. The van der Waals surface area contributed by atoms with Crippen LogP contribution in [0.3, 0.4) is 0 Å². The van der Waals surface area contributed by atoms with Crippen molar-refractivity contribution in [3.63, 3.8) is 0 Å². The first-order chi connectivity index (χ1) is 15.9. The smallest absolute Gasteiger partial charge is 0.176 e. The monoisotopic (exact) mass is 451 g/mol. The molecule has 0 amide bonds. The summed E-state index contributed by atoms with van der Waals surface area (Å²) >= 11 is 0. The Morgan fingerprint density at radius 1 is 0.636 bits per heavy atom. The molecule has 1 aliphatic rings. The van der Waals surface area contributed by atoms with Crippen molar-refractivity contribution in [2.45, 2.75) is 115 Å². The van der Waals surface area contributed by atoms with Crippen molar-refractivity contribution < 1.29 is 4.39 Å². The maximum Gasteiger partial charge on any atom is 0.176 e. The molecule has 1 fully saturated rings. The van der Waals surface area contributed by atoms with Gasteiger partial charge in [0.2, 0.25) is 0 Å². The highest BCUT2D eigenvalue weighted by Gasteiger charge is 2.44. The molecule has 1 nitrogen and oxygen atoms in total. The van der Waals surface area contributed by atoms with E-state index >= 15 is 4.39 Å². The van der Waals surface area contributed by atoms with Crippen LogP contribution in [-0.2, 0) is 16.5 Å². The largest absolute Gasteiger partial charge is 0.310 e. The second kappa shape index (κ2) is 10.7. The second-order valence-electron chi connectivity index (χ2n) is 10.2. The third-order valence-electron chi connectivity index (χ3n) is 9.44. The van der Waals surface area contributed by atoms with Crippen molar-refractivity contribution in [1.82, 2.24) is 5.32 Å². The summed E-state index contributed by atoms with van der Waals surface area (Å²) in [4.78, 5) is 0. The molecule has 0 radical (unpaired) electrons. The van der Waals surface area contributed by atoms with Crippen molar-refractivity contribution in [3.05, 3.63) is 70.8 Å². The predicted molar refractivity (Wildman–Crippen MR) is 141 cm³/mol. The van der Waals surface area contributed by atoms with E-state index in [2.05, 4.69) is 95.4 Å². The highest BCUT2D eigenvalue weighted by atomic mass is 19.1. The fourth-order valence-corrected chi connectivity index (χ4v) is 6.45. The first-order valence-corrected chi connectivity index (χ1v) is 13.5. The molecule has 2 aromatic rings. The summed E-state index contributed by atoms with van der Waals surface area (Å²) in [5, 5.41) is 3.48. The van der Waals surface area contributed by atoms with Gasteiger partial charge in [-0.1, -0.05) is 90.1 Å². The quantitative estimate of drug-likeness (QED) is 0.361. The molecule has 1 heterocycles. The Balaban J connectivity index is 2.04. The number of nitrogens with one attached hydrogen (secondary N) is 1. The van der Waals surface area contributed by atoms with Gasteiger partial charge < -0.3 is 5.32 Å². The molecule has 0 bridgehead atoms. The summed E-state index contributed by atoms with van der Waals surface area (Å²) in [6.45, 7) is 14.5. The molecule has 1 atom stereocenters. The molecule has 2 heteroatoms. The van der Waals surface area contributed by atoms with E-state index < -0.39 is 5.67 Å². The fraction of sp³-hybridized carbons (Fsp3) is 0.613. The van der Waals surface area contributed by atoms with E-state index in [1.807, 2.05) is 0 Å². The van der Waals surface area contributed by atoms with Gasteiger partial charge >= 0.3 is 0 Å². The normalized spacial score (nSPS) is 17.5. The van der Waals surface area contributed by atoms with Gasteiger partial charge in [0.1, 0.15) is 0 Å². The first kappa shape index (κ1) is 25.9. The summed E-state index contributed by atoms with van der Waals surface area (Å²) in [5.41, 5.74) is 3.10. The van der Waals surface area contributed by atoms with Crippen molar-refractivity contribution in [2.75, 3.05) is 6.54 Å². The second-order valence-corrected chi connectivity index (χ2v) is 10.2. The Kier molecular flexibility index (Phi) is 8.43. The molecular formula is C31H46FN. The van der Waals surface area contributed by atoms with Crippen LogP contribution < -0.4 is 5.32 Å². The minimum atomic E-state index is -1.52. The van der Waals surface area contributed by atoms with Gasteiger partial charge in [-0.2, -0.15) is 0 Å². The van der Waals surface area contributed by atoms with Gasteiger partial charge in [-0.25, -0.2) is 4.39 Å². The van der Waals surface area contributed by atoms with E-state index in [-0.39, 0.29) is 16.9 Å². The molecule has 1 saturated heterocycles. The summed E-state index contributed by atoms with van der Waals surface area (Å²) in [7, 11) is 0. The molecule has 33 heavy (non-hydrogen) atoms. The summed E-state index contributed by atoms with van der Waals surface area (Å²) in [6, 6.07) is 16.8. The van der Waals surface area contributed by atoms with Gasteiger partial charge in [-0.15, -0.1) is 0 Å². The van der Waals surface area contributed by atoms with Crippen LogP contribution in [0.4, 0.5) is 4.39 Å². The van der Waals surface area contributed by atoms with Gasteiger partial charge in [0, 0.05) is 6.04 Å². The topological polar surface area (TPSA) is 12.0 Å². The minimum Gasteiger partial charge on any atom is -0.310 e. The van der Waals surface area contributed by atoms with E-state index in [4.69, 9.17) is 0 Å². The molecule has 0 saturated carbocycles. The number of benzene rings is 2. The molecule has 0 aliphatic carbocycles. The Morgan fingerprint density at radius 3 is 1.24 bits per heavy atom. The van der Waals surface area contributed by atoms with E-state index in [1.165, 1.54) is 11.1 Å². The molecule has 1 N–H and O–H groups in total. The lowest BCUT2D eigenvalue weighted by Crippen LogP contribution is -2.43. The van der Waals surface area contributed by atoms with Gasteiger partial charge in [-0.05, 0) is 91.0 Å². The van der Waals surface area contributed by atoms with Crippen LogP contribution in [-0.4, -0.2) is 12.6 Å². The van der Waals surface area contributed by atoms with Gasteiger partial charge in [0.15, 0.2) is 5.67 Å². The average molecular weight is 452 g/mol. The van der Waals surface area contributed by atoms with Gasteiger partial charge in [-0.3, -0.25) is 0 Å². The van der Waals surface area contributed by atoms with Crippen LogP contribution in [0.15, 0.2) is 48.5 Å². The standard InChI is InChI=1S/C31H46FN/c1-7-29(8-2,9-3)24-15-19-26(20-16-24)31(32,28-14-13-23-33-28)27-21-17-25(18-22-27)30(10-4,11-5)12-6/h15-22,28,33H,7-14,23H2,1-6H3. The number of halogens is 1. The van der Waals surface area contributed by atoms with Crippen molar-refractivity contribution in [1.29, 1.82) is 0 Å². The molecule has 182 valence electrons. The highest BCUT2D eigenvalue weighted by molar-refractivity contribution is 5.43. The van der Waals surface area contributed by atoms with E-state index in [1.54, 1.807) is 0 Å². The van der Waals surface area contributed by atoms with Crippen LogP contribution in [0.25, 0.3) is 0 Å². The lowest BCUT2D eigenvalue weighted by molar-refractivity contribution is 0.163. The third-order valence-corrected chi connectivity index (χ3v) is 9.44. The van der Waals surface area contributed by atoms with Crippen molar-refractivity contribution in [3.8, 4) is 0 Å². The number of hydrogen-bond donors (Lipinski definition) is 1. The van der Waals surface area contributed by atoms with Crippen LogP contribution in [0, 0.1) is 0 Å². The summed E-state index contributed by atoms with van der Waals surface area (Å²) < 4.78 is 17.2. The fourth-order valence-electron chi connectivity index (χ4n) is 6.45. The maximum atomic E-state index is 17.2. The first-order valence-electron chi connectivity index (χ1n) is 13.5. The van der Waals surface area contributed by atoms with E-state index in [0.29, 0.717) is 0 Å². The van der Waals surface area contributed by atoms with E-state index in [0.717, 1.165) is 69.0 Å². The van der Waals surface area contributed by atoms with Crippen molar-refractivity contribution in [2.24, 2.45) is 0 Å².